The summed E-state index contributed by atoms with van der Waals surface area (Å²) in [7, 11) is 0. The molecular formula is C66H92N8O4. The van der Waals surface area contributed by atoms with E-state index in [0.717, 1.165) is 103 Å². The molecule has 420 valence electrons. The second-order valence-corrected chi connectivity index (χ2v) is 20.8. The molecule has 6 aromatic rings. The van der Waals surface area contributed by atoms with Crippen molar-refractivity contribution in [2.75, 3.05) is 21.3 Å². The lowest BCUT2D eigenvalue weighted by molar-refractivity contribution is 0.250. The molecule has 3 aliphatic rings. The first-order valence-electron chi connectivity index (χ1n) is 29.0. The van der Waals surface area contributed by atoms with Crippen molar-refractivity contribution >= 4 is 68.4 Å². The highest BCUT2D eigenvalue weighted by Gasteiger charge is 2.31. The van der Waals surface area contributed by atoms with Gasteiger partial charge in [0.25, 0.3) is 0 Å². The summed E-state index contributed by atoms with van der Waals surface area (Å²) in [5.74, 6) is 1.62. The molecule has 1 aliphatic heterocycles. The molecule has 78 heavy (non-hydrogen) atoms. The summed E-state index contributed by atoms with van der Waals surface area (Å²) < 4.78 is 0. The summed E-state index contributed by atoms with van der Waals surface area (Å²) in [6.07, 6.45) is 3.33. The van der Waals surface area contributed by atoms with E-state index in [9.17, 15) is 19.2 Å². The molecule has 4 atom stereocenters. The Balaban J connectivity index is 0.00000134. The molecule has 0 spiro atoms. The number of rotatable bonds is 0. The first-order valence-corrected chi connectivity index (χ1v) is 29.0. The molecule has 0 aromatic heterocycles. The van der Waals surface area contributed by atoms with Crippen LogP contribution in [-0.4, -0.2) is 24.1 Å². The second-order valence-electron chi connectivity index (χ2n) is 20.8. The summed E-state index contributed by atoms with van der Waals surface area (Å²) in [5, 5.41) is 29.2. The molecule has 8 N–H and O–H groups in total. The van der Waals surface area contributed by atoms with Crippen LogP contribution in [0.15, 0.2) is 60.7 Å². The minimum atomic E-state index is -0.390. The average Bonchev–Trinajstić information content (AvgIpc) is 3.54. The minimum Gasteiger partial charge on any atom is -0.334 e. The number of aryl methyl sites for hydroxylation is 6. The van der Waals surface area contributed by atoms with E-state index in [2.05, 4.69) is 122 Å². The molecule has 12 nitrogen and oxygen atoms in total. The molecule has 4 bridgehead atoms. The summed E-state index contributed by atoms with van der Waals surface area (Å²) in [6.45, 7) is 38.6. The first kappa shape index (κ1) is 61.8. The second kappa shape index (κ2) is 28.0. The van der Waals surface area contributed by atoms with Crippen LogP contribution in [0.4, 0.5) is 41.9 Å². The van der Waals surface area contributed by atoms with Crippen molar-refractivity contribution in [3.8, 4) is 0 Å². The maximum Gasteiger partial charge on any atom is 0.319 e. The van der Waals surface area contributed by atoms with E-state index in [-0.39, 0.29) is 50.3 Å². The average molecular weight is 1060 g/mol. The van der Waals surface area contributed by atoms with Gasteiger partial charge in [-0.3, -0.25) is 0 Å². The Morgan fingerprint density at radius 1 is 0.308 bits per heavy atom. The van der Waals surface area contributed by atoms with Gasteiger partial charge in [0.15, 0.2) is 0 Å². The third-order valence-corrected chi connectivity index (χ3v) is 15.8. The van der Waals surface area contributed by atoms with Gasteiger partial charge in [0.05, 0.1) is 22.7 Å². The number of hydrogen-bond donors (Lipinski definition) is 8. The Morgan fingerprint density at radius 3 is 0.756 bits per heavy atom. The Bertz CT molecular complexity index is 2940. The highest BCUT2D eigenvalue weighted by Crippen LogP contribution is 2.42. The van der Waals surface area contributed by atoms with Crippen molar-refractivity contribution in [3.63, 3.8) is 0 Å². The van der Waals surface area contributed by atoms with Crippen molar-refractivity contribution in [3.05, 3.63) is 139 Å². The SMILES string of the molecule is CC.CC.CC.CC.Cc1ccc2c(c1)NC(=O)NCc1c3c(c(c4cc(C)c(C)cc14)CNC(=O)Nc1cc(C)ccc1NC(=O)NCc1c4c(c(c5cc(C)c(C)cc15)CNC(=O)N2)CC(C)[C@@H](C)C4)C[C@H](C)C(C)C3. The topological polar surface area (TPSA) is 165 Å². The predicted octanol–water partition coefficient (Wildman–Crippen LogP) is 16.3. The zero-order valence-electron chi connectivity index (χ0n) is 50.4. The van der Waals surface area contributed by atoms with E-state index >= 15 is 0 Å². The molecule has 0 fully saturated rings. The highest BCUT2D eigenvalue weighted by molar-refractivity contribution is 6.01. The van der Waals surface area contributed by atoms with E-state index in [4.69, 9.17) is 0 Å². The van der Waals surface area contributed by atoms with Gasteiger partial charge < -0.3 is 42.5 Å². The van der Waals surface area contributed by atoms with Gasteiger partial charge in [0, 0.05) is 26.2 Å². The lowest BCUT2D eigenvalue weighted by atomic mass is 9.72. The summed E-state index contributed by atoms with van der Waals surface area (Å²) in [4.78, 5) is 56.2. The molecule has 0 saturated carbocycles. The standard InChI is InChI=1S/C58H68N8O4.4C2H6/c1-29-11-13-51-53(15-29)65-57(69)61-27-49-43-21-35(7)37(9)23-45(43)50(46-24-38(10)36(8)22-44(46)49)28-62-58(70)66-54-16-30(2)12-14-52(54)64-56(68)60-26-48-41-19-33(5)31(3)17-39(41)47(25-59-55(67)63-51)40-18-32(4)34(6)20-42(40)48;4*1-2/h11-17,19,21,23,32,34,36,38H,18,20,22,24-28H2,1-10H3,(H2,59,63,67)(H2,60,64,68)(H2,61,65,69)(H2,62,66,70);4*1-2H3/t32-,34?,36-,38?;;;;/m0..../s1. The number of urea groups is 4. The number of benzene rings is 6. The maximum absolute atomic E-state index is 14.1. The van der Waals surface area contributed by atoms with Gasteiger partial charge in [-0.1, -0.05) is 119 Å². The van der Waals surface area contributed by atoms with Gasteiger partial charge in [-0.25, -0.2) is 19.2 Å². The molecular weight excluding hydrogens is 969 g/mol. The Morgan fingerprint density at radius 2 is 0.526 bits per heavy atom. The largest absolute Gasteiger partial charge is 0.334 e. The third-order valence-electron chi connectivity index (χ3n) is 15.8. The molecule has 0 radical (unpaired) electrons. The van der Waals surface area contributed by atoms with Crippen LogP contribution in [0.5, 0.6) is 0 Å². The number of nitrogens with one attached hydrogen (secondary N) is 8. The Hall–Kier alpha value is -7.08. The van der Waals surface area contributed by atoms with Crippen molar-refractivity contribution in [2.45, 2.75) is 176 Å². The van der Waals surface area contributed by atoms with Crippen molar-refractivity contribution in [1.29, 1.82) is 0 Å². The van der Waals surface area contributed by atoms with Gasteiger partial charge in [-0.2, -0.15) is 0 Å². The van der Waals surface area contributed by atoms with Crippen LogP contribution in [0, 0.1) is 65.2 Å². The fourth-order valence-electron chi connectivity index (χ4n) is 11.0. The monoisotopic (exact) mass is 1060 g/mol. The van der Waals surface area contributed by atoms with Gasteiger partial charge >= 0.3 is 24.1 Å². The third kappa shape index (κ3) is 14.0. The van der Waals surface area contributed by atoms with Crippen molar-refractivity contribution < 1.29 is 19.2 Å². The van der Waals surface area contributed by atoms with Gasteiger partial charge in [0.1, 0.15) is 0 Å². The molecule has 0 saturated heterocycles. The van der Waals surface area contributed by atoms with E-state index in [1.54, 1.807) is 0 Å². The summed E-state index contributed by atoms with van der Waals surface area (Å²) in [5.41, 5.74) is 17.4. The van der Waals surface area contributed by atoms with E-state index in [0.29, 0.717) is 46.4 Å². The number of amides is 8. The normalized spacial score (nSPS) is 18.4. The lowest BCUT2D eigenvalue weighted by Crippen LogP contribution is -2.34. The quantitative estimate of drug-likeness (QED) is 0.0760. The first-order chi connectivity index (χ1) is 37.4. The molecule has 2 aliphatic carbocycles. The number of anilines is 4. The van der Waals surface area contributed by atoms with E-state index < -0.39 is 0 Å². The molecule has 2 unspecified atom stereocenters. The van der Waals surface area contributed by atoms with E-state index in [1.807, 2.05) is 106 Å². The predicted molar refractivity (Wildman–Crippen MR) is 329 cm³/mol. The lowest BCUT2D eigenvalue weighted by Gasteiger charge is -2.33. The molecule has 6 aromatic carbocycles. The van der Waals surface area contributed by atoms with Gasteiger partial charge in [-0.15, -0.1) is 0 Å². The van der Waals surface area contributed by atoms with Crippen LogP contribution >= 0.6 is 0 Å². The zero-order valence-corrected chi connectivity index (χ0v) is 50.4. The number of carbonyl (C=O) groups excluding carboxylic acids is 4. The molecule has 12 heteroatoms. The van der Waals surface area contributed by atoms with Crippen LogP contribution in [0.2, 0.25) is 0 Å². The summed E-state index contributed by atoms with van der Waals surface area (Å²) in [6, 6.07) is 18.5. The van der Waals surface area contributed by atoms with E-state index in [1.165, 1.54) is 22.3 Å². The van der Waals surface area contributed by atoms with Crippen LogP contribution < -0.4 is 42.5 Å². The van der Waals surface area contributed by atoms with Crippen LogP contribution in [0.25, 0.3) is 21.5 Å². The fraction of sp³-hybridized carbons (Fsp3) is 0.455. The molecule has 1 heterocycles. The maximum atomic E-state index is 14.1. The van der Waals surface area contributed by atoms with Crippen LogP contribution in [0.3, 0.4) is 0 Å². The fourth-order valence-corrected chi connectivity index (χ4v) is 11.0. The summed E-state index contributed by atoms with van der Waals surface area (Å²) >= 11 is 0. The zero-order chi connectivity index (χ0) is 57.7. The number of hydrogen-bond acceptors (Lipinski definition) is 4. The molecule has 9 rings (SSSR count). The molecule has 8 amide bonds. The number of carbonyl (C=O) groups is 4. The highest BCUT2D eigenvalue weighted by atomic mass is 16.2. The minimum absolute atomic E-state index is 0.279. The van der Waals surface area contributed by atoms with Crippen molar-refractivity contribution in [1.82, 2.24) is 21.3 Å². The van der Waals surface area contributed by atoms with Crippen LogP contribution in [-0.2, 0) is 51.9 Å². The Labute approximate surface area is 466 Å². The smallest absolute Gasteiger partial charge is 0.319 e. The van der Waals surface area contributed by atoms with Crippen LogP contribution in [0.1, 0.15) is 161 Å². The number of fused-ring (bicyclic) bond motifs is 8. The van der Waals surface area contributed by atoms with Gasteiger partial charge in [-0.05, 0) is 215 Å². The van der Waals surface area contributed by atoms with Gasteiger partial charge in [0.2, 0.25) is 0 Å². The Kier molecular flexibility index (Phi) is 22.2. The van der Waals surface area contributed by atoms with Crippen molar-refractivity contribution in [2.24, 2.45) is 23.7 Å².